The predicted molar refractivity (Wildman–Crippen MR) is 172 cm³/mol. The number of nitrogens with zero attached hydrogens (tertiary/aromatic N) is 1. The van der Waals surface area contributed by atoms with Crippen molar-refractivity contribution in [3.63, 3.8) is 0 Å². The Morgan fingerprint density at radius 3 is 0.579 bits per heavy atom. The summed E-state index contributed by atoms with van der Waals surface area (Å²) in [5, 5.41) is 0. The highest BCUT2D eigenvalue weighted by Crippen LogP contribution is 2.21. The van der Waals surface area contributed by atoms with E-state index in [0.717, 1.165) is 0 Å². The van der Waals surface area contributed by atoms with Gasteiger partial charge in [0.1, 0.15) is 0 Å². The molecule has 2 heteroatoms. The van der Waals surface area contributed by atoms with Crippen molar-refractivity contribution in [2.24, 2.45) is 0 Å². The van der Waals surface area contributed by atoms with Gasteiger partial charge in [0, 0.05) is 0 Å². The topological polar surface area (TPSA) is 0 Å². The van der Waals surface area contributed by atoms with Crippen molar-refractivity contribution in [1.82, 2.24) is 0 Å². The van der Waals surface area contributed by atoms with Crippen LogP contribution in [0.15, 0.2) is 0 Å². The molecule has 38 heavy (non-hydrogen) atoms. The number of hydrogen-bond acceptors (Lipinski definition) is 0. The van der Waals surface area contributed by atoms with Crippen LogP contribution in [0.5, 0.6) is 0 Å². The van der Waals surface area contributed by atoms with Crippen molar-refractivity contribution < 1.29 is 16.9 Å². The molecule has 0 saturated carbocycles. The molecular formula is C36H76ClN. The number of quaternary nitrogens is 1. The predicted octanol–water partition coefficient (Wildman–Crippen LogP) is 9.81. The van der Waals surface area contributed by atoms with Crippen LogP contribution in [0.1, 0.15) is 207 Å². The molecule has 0 aliphatic rings. The molecule has 0 aromatic rings. The zero-order valence-electron chi connectivity index (χ0n) is 27.5. The standard InChI is InChI=1S/C36H76N.ClH/c1-5-9-13-17-21-22-23-24-28-32-36-37(33-29-25-18-14-10-6-2,34-30-26-19-15-11-7-3)35-31-27-20-16-12-8-4;/h5-36H2,1-4H3;1H/q+1;/p-1. The first kappa shape index (κ1) is 40.4. The largest absolute Gasteiger partial charge is 1.00 e. The zero-order valence-corrected chi connectivity index (χ0v) is 28.2. The normalized spacial score (nSPS) is 11.7. The summed E-state index contributed by atoms with van der Waals surface area (Å²) in [6, 6.07) is 0. The van der Waals surface area contributed by atoms with E-state index in [4.69, 9.17) is 0 Å². The first-order valence-corrected chi connectivity index (χ1v) is 18.1. The molecule has 0 rings (SSSR count). The third-order valence-corrected chi connectivity index (χ3v) is 8.94. The van der Waals surface area contributed by atoms with Crippen molar-refractivity contribution in [3.05, 3.63) is 0 Å². The van der Waals surface area contributed by atoms with E-state index in [1.807, 2.05) is 0 Å². The molecular weight excluding hydrogens is 482 g/mol. The minimum atomic E-state index is 0. The Balaban J connectivity index is 0. The fraction of sp³-hybridized carbons (Fsp3) is 1.00. The molecule has 0 spiro atoms. The van der Waals surface area contributed by atoms with Gasteiger partial charge < -0.3 is 16.9 Å². The Hall–Kier alpha value is 0.250. The minimum absolute atomic E-state index is 0. The smallest absolute Gasteiger partial charge is 0.0786 e. The summed E-state index contributed by atoms with van der Waals surface area (Å²) in [5.74, 6) is 0. The highest BCUT2D eigenvalue weighted by atomic mass is 35.5. The van der Waals surface area contributed by atoms with Crippen LogP contribution in [0.25, 0.3) is 0 Å². The second-order valence-corrected chi connectivity index (χ2v) is 12.7. The van der Waals surface area contributed by atoms with Crippen LogP contribution in [0.4, 0.5) is 0 Å². The molecule has 0 bridgehead atoms. The zero-order chi connectivity index (χ0) is 27.1. The van der Waals surface area contributed by atoms with Gasteiger partial charge in [0.2, 0.25) is 0 Å². The van der Waals surface area contributed by atoms with Gasteiger partial charge in [0.25, 0.3) is 0 Å². The maximum absolute atomic E-state index is 2.34. The summed E-state index contributed by atoms with van der Waals surface area (Å²) >= 11 is 0. The second-order valence-electron chi connectivity index (χ2n) is 12.7. The summed E-state index contributed by atoms with van der Waals surface area (Å²) in [4.78, 5) is 0. The van der Waals surface area contributed by atoms with Crippen LogP contribution >= 0.6 is 0 Å². The lowest BCUT2D eigenvalue weighted by Crippen LogP contribution is -3.00. The molecule has 232 valence electrons. The maximum Gasteiger partial charge on any atom is 0.0786 e. The average Bonchev–Trinajstić information content (AvgIpc) is 2.91. The molecule has 0 amide bonds. The summed E-state index contributed by atoms with van der Waals surface area (Å²) < 4.78 is 1.48. The highest BCUT2D eigenvalue weighted by molar-refractivity contribution is 4.55. The third kappa shape index (κ3) is 27.8. The Labute approximate surface area is 250 Å². The summed E-state index contributed by atoms with van der Waals surface area (Å²) in [6.07, 6.45) is 40.7. The van der Waals surface area contributed by atoms with E-state index < -0.39 is 0 Å². The van der Waals surface area contributed by atoms with Crippen molar-refractivity contribution in [3.8, 4) is 0 Å². The monoisotopic (exact) mass is 558 g/mol. The van der Waals surface area contributed by atoms with Crippen LogP contribution in [-0.4, -0.2) is 30.7 Å². The van der Waals surface area contributed by atoms with Gasteiger partial charge in [0.05, 0.1) is 26.2 Å². The number of unbranched alkanes of at least 4 members (excludes halogenated alkanes) is 24. The molecule has 0 aliphatic carbocycles. The Bertz CT molecular complexity index is 369. The summed E-state index contributed by atoms with van der Waals surface area (Å²) in [7, 11) is 0. The molecule has 0 aromatic carbocycles. The van der Waals surface area contributed by atoms with E-state index in [1.54, 1.807) is 0 Å². The van der Waals surface area contributed by atoms with Gasteiger partial charge in [-0.3, -0.25) is 0 Å². The molecule has 0 saturated heterocycles. The van der Waals surface area contributed by atoms with Crippen molar-refractivity contribution >= 4 is 0 Å². The van der Waals surface area contributed by atoms with E-state index in [2.05, 4.69) is 27.7 Å². The molecule has 1 nitrogen and oxygen atoms in total. The van der Waals surface area contributed by atoms with Crippen molar-refractivity contribution in [1.29, 1.82) is 0 Å². The van der Waals surface area contributed by atoms with Gasteiger partial charge >= 0.3 is 0 Å². The molecule has 0 fully saturated rings. The molecule has 0 N–H and O–H groups in total. The molecule has 0 unspecified atom stereocenters. The van der Waals surface area contributed by atoms with Gasteiger partial charge in [-0.25, -0.2) is 0 Å². The van der Waals surface area contributed by atoms with Gasteiger partial charge in [-0.2, -0.15) is 0 Å². The Kier molecular flexibility index (Phi) is 35.6. The first-order valence-electron chi connectivity index (χ1n) is 18.1. The van der Waals surface area contributed by atoms with Crippen molar-refractivity contribution in [2.75, 3.05) is 26.2 Å². The molecule has 0 heterocycles. The second kappa shape index (κ2) is 33.5. The van der Waals surface area contributed by atoms with Crippen LogP contribution in [0.2, 0.25) is 0 Å². The van der Waals surface area contributed by atoms with Gasteiger partial charge in [-0.1, -0.05) is 156 Å². The van der Waals surface area contributed by atoms with E-state index in [-0.39, 0.29) is 12.4 Å². The summed E-state index contributed by atoms with van der Waals surface area (Å²) in [6.45, 7) is 15.3. The fourth-order valence-corrected chi connectivity index (χ4v) is 6.29. The van der Waals surface area contributed by atoms with Crippen LogP contribution in [-0.2, 0) is 0 Å². The van der Waals surface area contributed by atoms with Gasteiger partial charge in [-0.05, 0) is 51.4 Å². The Morgan fingerprint density at radius 2 is 0.395 bits per heavy atom. The van der Waals surface area contributed by atoms with E-state index >= 15 is 0 Å². The number of hydrogen-bond donors (Lipinski definition) is 0. The van der Waals surface area contributed by atoms with Crippen molar-refractivity contribution in [2.45, 2.75) is 207 Å². The van der Waals surface area contributed by atoms with Crippen LogP contribution in [0, 0.1) is 0 Å². The maximum atomic E-state index is 2.34. The fourth-order valence-electron chi connectivity index (χ4n) is 6.29. The Morgan fingerprint density at radius 1 is 0.237 bits per heavy atom. The molecule has 0 aromatic heterocycles. The average molecular weight is 558 g/mol. The SMILES string of the molecule is CCCCCCCCCCCC[N+](CCCCCCCC)(CCCCCCCC)CCCCCCCC.[Cl-]. The van der Waals surface area contributed by atoms with Crippen LogP contribution < -0.4 is 12.4 Å². The van der Waals surface area contributed by atoms with Gasteiger partial charge in [0.15, 0.2) is 0 Å². The highest BCUT2D eigenvalue weighted by Gasteiger charge is 2.25. The summed E-state index contributed by atoms with van der Waals surface area (Å²) in [5.41, 5.74) is 0. The third-order valence-electron chi connectivity index (χ3n) is 8.94. The van der Waals surface area contributed by atoms with E-state index in [0.29, 0.717) is 0 Å². The van der Waals surface area contributed by atoms with E-state index in [1.165, 1.54) is 210 Å². The lowest BCUT2D eigenvalue weighted by atomic mass is 10.0. The van der Waals surface area contributed by atoms with Crippen LogP contribution in [0.3, 0.4) is 0 Å². The molecule has 0 aliphatic heterocycles. The van der Waals surface area contributed by atoms with Gasteiger partial charge in [-0.15, -0.1) is 0 Å². The minimum Gasteiger partial charge on any atom is -1.00 e. The molecule has 0 radical (unpaired) electrons. The first-order chi connectivity index (χ1) is 18.2. The lowest BCUT2D eigenvalue weighted by molar-refractivity contribution is -0.929. The number of halogens is 1. The number of rotatable bonds is 32. The quantitative estimate of drug-likeness (QED) is 0.0570. The molecule has 0 atom stereocenters. The lowest BCUT2D eigenvalue weighted by Gasteiger charge is -2.40. The van der Waals surface area contributed by atoms with E-state index in [9.17, 15) is 0 Å².